The highest BCUT2D eigenvalue weighted by Crippen LogP contribution is 2.43. The van der Waals surface area contributed by atoms with Crippen LogP contribution in [0, 0.1) is 0 Å². The molecule has 4 aliphatic rings. The van der Waals surface area contributed by atoms with Gasteiger partial charge in [0.05, 0.1) is 47.5 Å². The van der Waals surface area contributed by atoms with E-state index in [-0.39, 0.29) is 35.8 Å². The van der Waals surface area contributed by atoms with Gasteiger partial charge < -0.3 is 19.3 Å². The van der Waals surface area contributed by atoms with Gasteiger partial charge in [0.2, 0.25) is 5.91 Å². The smallest absolute Gasteiger partial charge is 0.320 e. The molecule has 4 heterocycles. The fourth-order valence-electron chi connectivity index (χ4n) is 8.66. The Morgan fingerprint density at radius 3 is 2.32 bits per heavy atom. The third kappa shape index (κ3) is 9.02. The number of methoxy groups -OCH3 is 1. The van der Waals surface area contributed by atoms with Crippen molar-refractivity contribution in [1.29, 1.82) is 0 Å². The van der Waals surface area contributed by atoms with Crippen LogP contribution in [-0.2, 0) is 25.2 Å². The zero-order valence-corrected chi connectivity index (χ0v) is 34.1. The first-order chi connectivity index (χ1) is 27.6. The fourth-order valence-corrected chi connectivity index (χ4v) is 8.95. The number of hydrogen-bond donors (Lipinski definition) is 1. The number of carbonyl (C=O) groups excluding carboxylic acids is 3. The van der Waals surface area contributed by atoms with Crippen LogP contribution < -0.4 is 10.2 Å². The predicted octanol–water partition coefficient (Wildman–Crippen LogP) is 5.91. The van der Waals surface area contributed by atoms with E-state index in [0.29, 0.717) is 80.1 Å². The summed E-state index contributed by atoms with van der Waals surface area (Å²) in [5.41, 5.74) is 5.56. The van der Waals surface area contributed by atoms with E-state index in [9.17, 15) is 14.4 Å². The van der Waals surface area contributed by atoms with E-state index < -0.39 is 5.41 Å². The lowest BCUT2D eigenvalue weighted by molar-refractivity contribution is -0.145. The van der Waals surface area contributed by atoms with Crippen molar-refractivity contribution in [3.8, 4) is 5.75 Å². The van der Waals surface area contributed by atoms with Crippen LogP contribution in [-0.4, -0.2) is 123 Å². The number of halogens is 2. The minimum atomic E-state index is -0.683. The summed E-state index contributed by atoms with van der Waals surface area (Å²) in [5, 5.41) is 14.7. The van der Waals surface area contributed by atoms with Crippen molar-refractivity contribution in [1.82, 2.24) is 25.1 Å². The standard InChI is InChI=1S/C42H50Cl2N8O5/c1-3-57-38(53)28-50-21-23-52(24-22-50)47-40(55)42(31-7-5-4-6-8-31)15-18-49(19-16-42)17-13-41(32-10-11-34(43)35(44)26-32)14-20-51(29-41)39(54)33-25-30(9-12-37(33)56-2)36-27-45-48-46-36/h4-12,25-27,36H,3,13-24,28-29H2,1-2H3,(H,47,55)/t36-,41-/m0/s1. The summed E-state index contributed by atoms with van der Waals surface area (Å²) >= 11 is 13.0. The fraction of sp³-hybridized carbons (Fsp3) is 0.476. The summed E-state index contributed by atoms with van der Waals surface area (Å²) < 4.78 is 10.8. The van der Waals surface area contributed by atoms with Crippen molar-refractivity contribution in [2.75, 3.05) is 79.2 Å². The van der Waals surface area contributed by atoms with E-state index in [4.69, 9.17) is 32.7 Å². The largest absolute Gasteiger partial charge is 0.496 e. The van der Waals surface area contributed by atoms with Gasteiger partial charge in [-0.2, -0.15) is 5.11 Å². The van der Waals surface area contributed by atoms with E-state index in [1.807, 2.05) is 65.4 Å². The zero-order chi connectivity index (χ0) is 40.0. The maximum atomic E-state index is 14.3. The first-order valence-electron chi connectivity index (χ1n) is 19.7. The van der Waals surface area contributed by atoms with Crippen LogP contribution in [0.3, 0.4) is 0 Å². The highest BCUT2D eigenvalue weighted by Gasteiger charge is 2.46. The molecule has 302 valence electrons. The number of piperidine rings is 1. The minimum Gasteiger partial charge on any atom is -0.496 e. The van der Waals surface area contributed by atoms with Crippen molar-refractivity contribution >= 4 is 47.2 Å². The molecule has 0 radical (unpaired) electrons. The Kier molecular flexibility index (Phi) is 12.9. The number of carbonyl (C=O) groups is 3. The number of amides is 2. The van der Waals surface area contributed by atoms with Gasteiger partial charge >= 0.3 is 5.97 Å². The lowest BCUT2D eigenvalue weighted by atomic mass is 9.71. The van der Waals surface area contributed by atoms with Crippen LogP contribution in [0.15, 0.2) is 82.2 Å². The lowest BCUT2D eigenvalue weighted by Crippen LogP contribution is -2.59. The number of piperazine rings is 1. The SMILES string of the molecule is CCOC(=O)CN1CCN(NC(=O)C2(c3ccccc3)CCN(CC[C@]3(c4ccc(Cl)c(Cl)c4)CCN(C(=O)c4cc([C@@H]5C=NN=N5)ccc4OC)C3)CC2)CC1. The molecule has 3 fully saturated rings. The quantitative estimate of drug-likeness (QED) is 0.211. The summed E-state index contributed by atoms with van der Waals surface area (Å²) in [6.07, 6.45) is 4.51. The summed E-state index contributed by atoms with van der Waals surface area (Å²) in [5.74, 6) is 0.169. The van der Waals surface area contributed by atoms with Crippen molar-refractivity contribution in [2.24, 2.45) is 15.4 Å². The molecule has 2 atom stereocenters. The van der Waals surface area contributed by atoms with Crippen LogP contribution in [0.5, 0.6) is 5.75 Å². The van der Waals surface area contributed by atoms with Crippen molar-refractivity contribution in [2.45, 2.75) is 49.5 Å². The minimum absolute atomic E-state index is 0.00666. The van der Waals surface area contributed by atoms with E-state index in [0.717, 1.165) is 49.2 Å². The Morgan fingerprint density at radius 2 is 1.63 bits per heavy atom. The monoisotopic (exact) mass is 816 g/mol. The summed E-state index contributed by atoms with van der Waals surface area (Å²) in [6.45, 7) is 8.32. The molecule has 3 aromatic rings. The number of hydrogen-bond acceptors (Lipinski definition) is 11. The van der Waals surface area contributed by atoms with Gasteiger partial charge in [0.1, 0.15) is 11.8 Å². The second-order valence-electron chi connectivity index (χ2n) is 15.3. The summed E-state index contributed by atoms with van der Waals surface area (Å²) in [7, 11) is 1.57. The average molecular weight is 818 g/mol. The number of likely N-dealkylation sites (tertiary alicyclic amines) is 2. The Hall–Kier alpha value is -4.40. The molecular formula is C42H50Cl2N8O5. The number of ether oxygens (including phenoxy) is 2. The van der Waals surface area contributed by atoms with Gasteiger partial charge in [0.15, 0.2) is 0 Å². The van der Waals surface area contributed by atoms with Crippen molar-refractivity contribution < 1.29 is 23.9 Å². The molecule has 0 aromatic heterocycles. The number of nitrogens with one attached hydrogen (secondary N) is 1. The molecule has 0 aliphatic carbocycles. The number of hydrazine groups is 1. The molecule has 1 N–H and O–H groups in total. The van der Waals surface area contributed by atoms with Crippen LogP contribution in [0.4, 0.5) is 0 Å². The lowest BCUT2D eigenvalue weighted by Gasteiger charge is -2.43. The Morgan fingerprint density at radius 1 is 0.860 bits per heavy atom. The van der Waals surface area contributed by atoms with Gasteiger partial charge in [-0.25, -0.2) is 5.01 Å². The Balaban J connectivity index is 1.04. The van der Waals surface area contributed by atoms with Crippen LogP contribution in [0.1, 0.15) is 65.7 Å². The Labute approximate surface area is 343 Å². The Bertz CT molecular complexity index is 1970. The summed E-state index contributed by atoms with van der Waals surface area (Å²) in [6, 6.07) is 21.1. The third-order valence-corrected chi connectivity index (χ3v) is 12.8. The molecule has 0 saturated carbocycles. The zero-order valence-electron chi connectivity index (χ0n) is 32.5. The van der Waals surface area contributed by atoms with Gasteiger partial charge in [-0.15, -0.1) is 5.10 Å². The predicted molar refractivity (Wildman–Crippen MR) is 219 cm³/mol. The molecule has 0 spiro atoms. The van der Waals surface area contributed by atoms with Crippen LogP contribution in [0.2, 0.25) is 10.0 Å². The number of esters is 1. The normalized spacial score (nSPS) is 22.5. The first kappa shape index (κ1) is 40.8. The van der Waals surface area contributed by atoms with Gasteiger partial charge in [-0.05, 0) is 98.4 Å². The van der Waals surface area contributed by atoms with E-state index in [1.54, 1.807) is 19.4 Å². The molecule has 7 rings (SSSR count). The average Bonchev–Trinajstić information content (AvgIpc) is 3.94. The topological polar surface area (TPSA) is 132 Å². The summed E-state index contributed by atoms with van der Waals surface area (Å²) in [4.78, 5) is 47.0. The maximum Gasteiger partial charge on any atom is 0.320 e. The number of benzene rings is 3. The highest BCUT2D eigenvalue weighted by molar-refractivity contribution is 6.42. The van der Waals surface area contributed by atoms with Gasteiger partial charge in [0.25, 0.3) is 5.91 Å². The van der Waals surface area contributed by atoms with Gasteiger partial charge in [-0.3, -0.25) is 24.7 Å². The molecule has 57 heavy (non-hydrogen) atoms. The molecule has 0 unspecified atom stereocenters. The van der Waals surface area contributed by atoms with Crippen LogP contribution >= 0.6 is 23.2 Å². The van der Waals surface area contributed by atoms with E-state index in [2.05, 4.69) is 42.8 Å². The molecule has 13 nitrogen and oxygen atoms in total. The van der Waals surface area contributed by atoms with Gasteiger partial charge in [-0.1, -0.05) is 65.7 Å². The molecule has 0 bridgehead atoms. The van der Waals surface area contributed by atoms with Gasteiger partial charge in [0, 0.05) is 44.7 Å². The molecule has 2 amide bonds. The van der Waals surface area contributed by atoms with Crippen molar-refractivity contribution in [3.05, 3.63) is 99.0 Å². The first-order valence-corrected chi connectivity index (χ1v) is 20.5. The number of rotatable bonds is 13. The van der Waals surface area contributed by atoms with Crippen molar-refractivity contribution in [3.63, 3.8) is 0 Å². The molecule has 15 heteroatoms. The second kappa shape index (κ2) is 18.0. The molecule has 3 saturated heterocycles. The maximum absolute atomic E-state index is 14.3. The van der Waals surface area contributed by atoms with E-state index in [1.165, 1.54) is 0 Å². The molecule has 4 aliphatic heterocycles. The van der Waals surface area contributed by atoms with E-state index >= 15 is 0 Å². The van der Waals surface area contributed by atoms with Crippen LogP contribution in [0.25, 0.3) is 0 Å². The second-order valence-corrected chi connectivity index (χ2v) is 16.1. The number of nitrogens with zero attached hydrogens (tertiary/aromatic N) is 7. The molecule has 3 aromatic carbocycles. The molecular weight excluding hydrogens is 767 g/mol. The third-order valence-electron chi connectivity index (χ3n) is 12.1. The highest BCUT2D eigenvalue weighted by atomic mass is 35.5.